The summed E-state index contributed by atoms with van der Waals surface area (Å²) in [5.41, 5.74) is -0.0355. The van der Waals surface area contributed by atoms with E-state index < -0.39 is 17.7 Å². The first kappa shape index (κ1) is 16.0. The maximum Gasteiger partial charge on any atom is 0.252 e. The molecule has 23 heavy (non-hydrogen) atoms. The van der Waals surface area contributed by atoms with Crippen molar-refractivity contribution in [1.82, 2.24) is 15.3 Å². The van der Waals surface area contributed by atoms with Crippen LogP contribution in [0.5, 0.6) is 0 Å². The van der Waals surface area contributed by atoms with Crippen molar-refractivity contribution in [1.29, 1.82) is 0 Å². The van der Waals surface area contributed by atoms with E-state index >= 15 is 0 Å². The number of amides is 1. The molecule has 0 atom stereocenters. The molecule has 0 saturated heterocycles. The largest absolute Gasteiger partial charge is 0.349 e. The number of aromatic nitrogens is 2. The van der Waals surface area contributed by atoms with Crippen LogP contribution < -0.4 is 5.32 Å². The Morgan fingerprint density at radius 3 is 2.74 bits per heavy atom. The zero-order valence-electron chi connectivity index (χ0n) is 12.5. The third-order valence-electron chi connectivity index (χ3n) is 4.24. The van der Waals surface area contributed by atoms with Crippen molar-refractivity contribution in [2.24, 2.45) is 5.41 Å². The number of nitrogens with zero attached hydrogens (tertiary/aromatic N) is 2. The van der Waals surface area contributed by atoms with Gasteiger partial charge in [-0.3, -0.25) is 9.78 Å². The van der Waals surface area contributed by atoms with Crippen molar-refractivity contribution in [3.05, 3.63) is 34.8 Å². The molecule has 2 aromatic rings. The molecule has 2 heterocycles. The molecule has 1 amide bonds. The number of pyridine rings is 1. The lowest BCUT2D eigenvalue weighted by Gasteiger charge is -2.26. The topological polar surface area (TPSA) is 54.9 Å². The third kappa shape index (κ3) is 3.24. The number of hydrogen-bond acceptors (Lipinski definition) is 4. The van der Waals surface area contributed by atoms with E-state index in [0.29, 0.717) is 17.8 Å². The average molecular weight is 337 g/mol. The van der Waals surface area contributed by atoms with Crippen LogP contribution >= 0.6 is 11.3 Å². The highest BCUT2D eigenvalue weighted by atomic mass is 32.1. The number of carbonyl (C=O) groups is 1. The summed E-state index contributed by atoms with van der Waals surface area (Å²) in [5, 5.41) is 5.17. The molecule has 0 spiro atoms. The summed E-state index contributed by atoms with van der Waals surface area (Å²) < 4.78 is 26.6. The summed E-state index contributed by atoms with van der Waals surface area (Å²) in [7, 11) is 0. The van der Waals surface area contributed by atoms with Crippen molar-refractivity contribution >= 4 is 17.2 Å². The van der Waals surface area contributed by atoms with Crippen LogP contribution in [0.25, 0.3) is 11.4 Å². The molecule has 1 aliphatic carbocycles. The second-order valence-electron chi connectivity index (χ2n) is 5.69. The molecule has 4 nitrogen and oxygen atoms in total. The molecule has 7 heteroatoms. The van der Waals surface area contributed by atoms with Gasteiger partial charge in [0.15, 0.2) is 0 Å². The fraction of sp³-hybridized carbons (Fsp3) is 0.438. The lowest BCUT2D eigenvalue weighted by atomic mass is 9.85. The molecule has 0 bridgehead atoms. The van der Waals surface area contributed by atoms with Gasteiger partial charge in [-0.15, -0.1) is 11.3 Å². The zero-order chi connectivity index (χ0) is 16.3. The number of alkyl halides is 2. The molecule has 0 aromatic carbocycles. The van der Waals surface area contributed by atoms with Crippen LogP contribution in [0.2, 0.25) is 0 Å². The molecular formula is C16H17F2N3OS. The van der Waals surface area contributed by atoms with Gasteiger partial charge in [0.1, 0.15) is 10.4 Å². The lowest BCUT2D eigenvalue weighted by Crippen LogP contribution is -2.43. The monoisotopic (exact) mass is 337 g/mol. The zero-order valence-corrected chi connectivity index (χ0v) is 13.3. The summed E-state index contributed by atoms with van der Waals surface area (Å²) in [5.74, 6) is -0.556. The van der Waals surface area contributed by atoms with E-state index in [0.717, 1.165) is 11.4 Å². The van der Waals surface area contributed by atoms with Crippen molar-refractivity contribution < 1.29 is 13.6 Å². The molecule has 0 unspecified atom stereocenters. The minimum absolute atomic E-state index is 0.171. The quantitative estimate of drug-likeness (QED) is 0.906. The predicted molar refractivity (Wildman–Crippen MR) is 84.1 cm³/mol. The summed E-state index contributed by atoms with van der Waals surface area (Å²) in [6.07, 6.45) is 0.937. The Kier molecular flexibility index (Phi) is 4.66. The summed E-state index contributed by atoms with van der Waals surface area (Å²) >= 11 is 1.38. The van der Waals surface area contributed by atoms with Gasteiger partial charge in [0.2, 0.25) is 5.91 Å². The van der Waals surface area contributed by atoms with Gasteiger partial charge in [0.25, 0.3) is 6.43 Å². The van der Waals surface area contributed by atoms with Crippen LogP contribution in [0.4, 0.5) is 8.78 Å². The van der Waals surface area contributed by atoms with E-state index in [1.807, 2.05) is 23.6 Å². The van der Waals surface area contributed by atoms with E-state index in [1.165, 1.54) is 11.3 Å². The fourth-order valence-corrected chi connectivity index (χ4v) is 3.63. The summed E-state index contributed by atoms with van der Waals surface area (Å²) in [6, 6.07) is 5.54. The number of thiazole rings is 1. The van der Waals surface area contributed by atoms with E-state index in [1.54, 1.807) is 6.20 Å². The molecule has 3 rings (SSSR count). The minimum atomic E-state index is -2.62. The molecule has 0 radical (unpaired) electrons. The highest BCUT2D eigenvalue weighted by molar-refractivity contribution is 7.09. The van der Waals surface area contributed by atoms with Gasteiger partial charge in [-0.1, -0.05) is 18.9 Å². The van der Waals surface area contributed by atoms with E-state index in [9.17, 15) is 13.6 Å². The van der Waals surface area contributed by atoms with Crippen molar-refractivity contribution in [3.63, 3.8) is 0 Å². The van der Waals surface area contributed by atoms with Gasteiger partial charge in [-0.25, -0.2) is 13.8 Å². The van der Waals surface area contributed by atoms with E-state index in [-0.39, 0.29) is 19.4 Å². The van der Waals surface area contributed by atoms with Gasteiger partial charge in [-0.2, -0.15) is 0 Å². The van der Waals surface area contributed by atoms with Crippen LogP contribution in [-0.4, -0.2) is 22.3 Å². The Balaban J connectivity index is 1.65. The summed E-state index contributed by atoms with van der Waals surface area (Å²) in [4.78, 5) is 20.8. The maximum absolute atomic E-state index is 13.3. The van der Waals surface area contributed by atoms with Gasteiger partial charge in [0, 0.05) is 11.6 Å². The molecule has 122 valence electrons. The number of nitrogens with one attached hydrogen (secondary N) is 1. The molecule has 1 aliphatic rings. The van der Waals surface area contributed by atoms with Crippen LogP contribution in [0.15, 0.2) is 29.8 Å². The number of carbonyl (C=O) groups excluding carboxylic acids is 1. The van der Waals surface area contributed by atoms with Gasteiger partial charge in [-0.05, 0) is 25.0 Å². The van der Waals surface area contributed by atoms with Crippen LogP contribution in [0.1, 0.15) is 30.7 Å². The highest BCUT2D eigenvalue weighted by Gasteiger charge is 2.48. The Morgan fingerprint density at radius 1 is 1.30 bits per heavy atom. The lowest BCUT2D eigenvalue weighted by molar-refractivity contribution is -0.140. The van der Waals surface area contributed by atoms with Crippen molar-refractivity contribution in [2.75, 3.05) is 0 Å². The average Bonchev–Trinajstić information content (AvgIpc) is 3.23. The van der Waals surface area contributed by atoms with Crippen molar-refractivity contribution in [2.45, 2.75) is 38.7 Å². The Bertz CT molecular complexity index is 669. The molecule has 0 aliphatic heterocycles. The molecule has 1 N–H and O–H groups in total. The van der Waals surface area contributed by atoms with Crippen LogP contribution in [-0.2, 0) is 11.3 Å². The summed E-state index contributed by atoms with van der Waals surface area (Å²) in [6.45, 7) is 0.171. The SMILES string of the molecule is O=C(NCc1nc(-c2ccccn2)cs1)C1(C(F)F)CCCC1. The first-order chi connectivity index (χ1) is 11.1. The van der Waals surface area contributed by atoms with Gasteiger partial charge >= 0.3 is 0 Å². The first-order valence-corrected chi connectivity index (χ1v) is 8.42. The smallest absolute Gasteiger partial charge is 0.252 e. The minimum Gasteiger partial charge on any atom is -0.349 e. The first-order valence-electron chi connectivity index (χ1n) is 7.54. The fourth-order valence-electron chi connectivity index (χ4n) is 2.91. The molecule has 1 saturated carbocycles. The number of rotatable bonds is 5. The Hall–Kier alpha value is -1.89. The third-order valence-corrected chi connectivity index (χ3v) is 5.09. The predicted octanol–water partition coefficient (Wildman–Crippen LogP) is 3.65. The van der Waals surface area contributed by atoms with E-state index in [4.69, 9.17) is 0 Å². The molecule has 1 fully saturated rings. The maximum atomic E-state index is 13.3. The molecule has 2 aromatic heterocycles. The van der Waals surface area contributed by atoms with Crippen LogP contribution in [0, 0.1) is 5.41 Å². The standard InChI is InChI=1S/C16H17F2N3OS/c17-14(18)16(6-2-3-7-16)15(22)20-9-13-21-12(10-23-13)11-5-1-4-8-19-11/h1,4-5,8,10,14H,2-3,6-7,9H2,(H,20,22). The van der Waals surface area contributed by atoms with Gasteiger partial charge < -0.3 is 5.32 Å². The van der Waals surface area contributed by atoms with Gasteiger partial charge in [0.05, 0.1) is 17.9 Å². The Labute approximate surface area is 137 Å². The number of halogens is 2. The van der Waals surface area contributed by atoms with E-state index in [2.05, 4.69) is 15.3 Å². The van der Waals surface area contributed by atoms with Crippen LogP contribution in [0.3, 0.4) is 0 Å². The normalized spacial score (nSPS) is 16.7. The molecular weight excluding hydrogens is 320 g/mol. The number of hydrogen-bond donors (Lipinski definition) is 1. The van der Waals surface area contributed by atoms with Crippen molar-refractivity contribution in [3.8, 4) is 11.4 Å². The highest BCUT2D eigenvalue weighted by Crippen LogP contribution is 2.43. The Morgan fingerprint density at radius 2 is 2.09 bits per heavy atom. The second-order valence-corrected chi connectivity index (χ2v) is 6.63. The second kappa shape index (κ2) is 6.70.